The summed E-state index contributed by atoms with van der Waals surface area (Å²) in [6, 6.07) is 7.99. The average molecular weight is 491 g/mol. The van der Waals surface area contributed by atoms with Gasteiger partial charge in [0.2, 0.25) is 15.9 Å². The molecule has 9 nitrogen and oxygen atoms in total. The maximum absolute atomic E-state index is 13.2. The first-order valence-electron chi connectivity index (χ1n) is 11.8. The molecule has 0 aliphatic carbocycles. The van der Waals surface area contributed by atoms with E-state index in [-0.39, 0.29) is 22.6 Å². The van der Waals surface area contributed by atoms with Crippen molar-refractivity contribution in [2.75, 3.05) is 51.3 Å². The van der Waals surface area contributed by atoms with Gasteiger partial charge in [-0.15, -0.1) is 0 Å². The van der Waals surface area contributed by atoms with Gasteiger partial charge in [-0.05, 0) is 44.7 Å². The highest BCUT2D eigenvalue weighted by Gasteiger charge is 2.37. The number of aromatic nitrogens is 1. The Balaban J connectivity index is 1.31. The summed E-state index contributed by atoms with van der Waals surface area (Å²) in [4.78, 5) is 17.6. The summed E-state index contributed by atoms with van der Waals surface area (Å²) in [5.41, 5.74) is 1.49. The van der Waals surface area contributed by atoms with E-state index in [9.17, 15) is 13.2 Å². The van der Waals surface area contributed by atoms with E-state index in [2.05, 4.69) is 16.1 Å². The monoisotopic (exact) mass is 490 g/mol. The zero-order valence-electron chi connectivity index (χ0n) is 20.4. The third-order valence-electron chi connectivity index (χ3n) is 7.17. The fourth-order valence-corrected chi connectivity index (χ4v) is 6.83. The lowest BCUT2D eigenvalue weighted by molar-refractivity contribution is -0.137. The third kappa shape index (κ3) is 4.79. The minimum atomic E-state index is -3.64. The van der Waals surface area contributed by atoms with Gasteiger partial charge >= 0.3 is 0 Å². The number of sulfonamides is 1. The van der Waals surface area contributed by atoms with Crippen LogP contribution in [0.3, 0.4) is 0 Å². The van der Waals surface area contributed by atoms with Crippen molar-refractivity contribution < 1.29 is 22.5 Å². The van der Waals surface area contributed by atoms with Gasteiger partial charge in [-0.3, -0.25) is 4.79 Å². The largest absolute Gasteiger partial charge is 0.497 e. The Morgan fingerprint density at radius 2 is 1.79 bits per heavy atom. The number of hydrogen-bond donors (Lipinski definition) is 0. The summed E-state index contributed by atoms with van der Waals surface area (Å²) < 4.78 is 38.0. The van der Waals surface area contributed by atoms with Crippen LogP contribution in [-0.4, -0.2) is 75.1 Å². The van der Waals surface area contributed by atoms with Crippen molar-refractivity contribution in [2.45, 2.75) is 38.5 Å². The molecule has 1 aromatic heterocycles. The van der Waals surface area contributed by atoms with E-state index in [4.69, 9.17) is 9.26 Å². The minimum absolute atomic E-state index is 0.132. The number of methoxy groups -OCH3 is 1. The van der Waals surface area contributed by atoms with Crippen LogP contribution in [0, 0.1) is 25.7 Å². The standard InChI is InChI=1S/C24H34N4O5S/c1-17(20-8-10-28(11-9-20)34(30,31)23-18(2)25-33-19(23)3)24(29)27-14-12-26(13-15-27)21-6-5-7-22(16-21)32-4/h5-7,16-17,20H,8-15H2,1-4H3/t17-/m0/s1. The molecule has 2 aliphatic heterocycles. The highest BCUT2D eigenvalue weighted by molar-refractivity contribution is 7.89. The summed E-state index contributed by atoms with van der Waals surface area (Å²) in [6.45, 7) is 8.97. The molecule has 2 fully saturated rings. The molecule has 4 rings (SSSR count). The number of hydrogen-bond acceptors (Lipinski definition) is 7. The van der Waals surface area contributed by atoms with Crippen molar-refractivity contribution in [1.29, 1.82) is 0 Å². The number of nitrogens with zero attached hydrogens (tertiary/aromatic N) is 4. The Morgan fingerprint density at radius 1 is 1.12 bits per heavy atom. The van der Waals surface area contributed by atoms with E-state index in [0.29, 0.717) is 50.5 Å². The van der Waals surface area contributed by atoms with Gasteiger partial charge in [0.05, 0.1) is 7.11 Å². The number of anilines is 1. The minimum Gasteiger partial charge on any atom is -0.497 e. The Morgan fingerprint density at radius 3 is 2.38 bits per heavy atom. The molecule has 1 atom stereocenters. The number of rotatable bonds is 6. The lowest BCUT2D eigenvalue weighted by atomic mass is 9.85. The first kappa shape index (κ1) is 24.5. The molecule has 0 spiro atoms. The molecule has 2 aliphatic rings. The third-order valence-corrected chi connectivity index (χ3v) is 9.31. The summed E-state index contributed by atoms with van der Waals surface area (Å²) in [6.07, 6.45) is 1.33. The fraction of sp³-hybridized carbons (Fsp3) is 0.583. The smallest absolute Gasteiger partial charge is 0.248 e. The molecule has 0 unspecified atom stereocenters. The quantitative estimate of drug-likeness (QED) is 0.614. The van der Waals surface area contributed by atoms with Crippen molar-refractivity contribution >= 4 is 21.6 Å². The van der Waals surface area contributed by atoms with Gasteiger partial charge in [0, 0.05) is 56.9 Å². The van der Waals surface area contributed by atoms with Crippen LogP contribution < -0.4 is 9.64 Å². The van der Waals surface area contributed by atoms with Crippen molar-refractivity contribution in [3.8, 4) is 5.75 Å². The van der Waals surface area contributed by atoms with E-state index in [1.54, 1.807) is 21.0 Å². The molecular formula is C24H34N4O5S. The number of amides is 1. The van der Waals surface area contributed by atoms with Crippen LogP contribution in [0.2, 0.25) is 0 Å². The van der Waals surface area contributed by atoms with E-state index in [1.807, 2.05) is 30.0 Å². The molecule has 2 saturated heterocycles. The van der Waals surface area contributed by atoms with Gasteiger partial charge < -0.3 is 19.1 Å². The van der Waals surface area contributed by atoms with Crippen LogP contribution in [0.5, 0.6) is 5.75 Å². The number of ether oxygens (including phenoxy) is 1. The maximum Gasteiger partial charge on any atom is 0.248 e. The van der Waals surface area contributed by atoms with E-state index in [0.717, 1.165) is 24.5 Å². The Labute approximate surface area is 201 Å². The molecule has 2 aromatic rings. The predicted molar refractivity (Wildman–Crippen MR) is 128 cm³/mol. The molecule has 1 amide bonds. The van der Waals surface area contributed by atoms with Gasteiger partial charge in [0.25, 0.3) is 0 Å². The molecule has 186 valence electrons. The van der Waals surface area contributed by atoms with Crippen molar-refractivity contribution in [1.82, 2.24) is 14.4 Å². The van der Waals surface area contributed by atoms with E-state index >= 15 is 0 Å². The summed E-state index contributed by atoms with van der Waals surface area (Å²) >= 11 is 0. The normalized spacial score (nSPS) is 19.3. The second-order valence-electron chi connectivity index (χ2n) is 9.20. The first-order chi connectivity index (χ1) is 16.2. The predicted octanol–water partition coefficient (Wildman–Crippen LogP) is 2.69. The maximum atomic E-state index is 13.2. The molecule has 0 bridgehead atoms. The number of piperidine rings is 1. The Bertz CT molecular complexity index is 1100. The summed E-state index contributed by atoms with van der Waals surface area (Å²) in [5, 5.41) is 3.79. The van der Waals surface area contributed by atoms with Gasteiger partial charge in [0.1, 0.15) is 16.3 Å². The second kappa shape index (κ2) is 9.95. The molecule has 10 heteroatoms. The summed E-state index contributed by atoms with van der Waals surface area (Å²) in [5.74, 6) is 1.34. The number of carbonyl (C=O) groups excluding carboxylic acids is 1. The lowest BCUT2D eigenvalue weighted by Gasteiger charge is -2.39. The van der Waals surface area contributed by atoms with Gasteiger partial charge in [-0.2, -0.15) is 4.31 Å². The van der Waals surface area contributed by atoms with Crippen molar-refractivity contribution in [3.63, 3.8) is 0 Å². The Kier molecular flexibility index (Phi) is 7.18. The van der Waals surface area contributed by atoms with E-state index < -0.39 is 10.0 Å². The number of carbonyl (C=O) groups is 1. The zero-order chi connectivity index (χ0) is 24.5. The molecule has 34 heavy (non-hydrogen) atoms. The van der Waals surface area contributed by atoms with Gasteiger partial charge in [-0.25, -0.2) is 8.42 Å². The second-order valence-corrected chi connectivity index (χ2v) is 11.1. The number of aryl methyl sites for hydroxylation is 2. The summed E-state index contributed by atoms with van der Waals surface area (Å²) in [7, 11) is -1.98. The zero-order valence-corrected chi connectivity index (χ0v) is 21.2. The topological polar surface area (TPSA) is 96.2 Å². The molecule has 0 N–H and O–H groups in total. The van der Waals surface area contributed by atoms with Gasteiger partial charge in [0.15, 0.2) is 5.76 Å². The van der Waals surface area contributed by atoms with Crippen molar-refractivity contribution in [2.24, 2.45) is 11.8 Å². The first-order valence-corrected chi connectivity index (χ1v) is 13.3. The Hall–Kier alpha value is -2.59. The van der Waals surface area contributed by atoms with Gasteiger partial charge in [-0.1, -0.05) is 18.1 Å². The average Bonchev–Trinajstić information content (AvgIpc) is 3.21. The number of piperazine rings is 1. The SMILES string of the molecule is COc1cccc(N2CCN(C(=O)[C@@H](C)C3CCN(S(=O)(=O)c4c(C)noc4C)CC3)CC2)c1. The number of benzene rings is 1. The molecule has 0 radical (unpaired) electrons. The van der Waals surface area contributed by atoms with Crippen LogP contribution in [-0.2, 0) is 14.8 Å². The highest BCUT2D eigenvalue weighted by Crippen LogP contribution is 2.32. The fourth-order valence-electron chi connectivity index (χ4n) is 5.07. The molecular weight excluding hydrogens is 456 g/mol. The molecule has 1 aromatic carbocycles. The van der Waals surface area contributed by atoms with Crippen LogP contribution in [0.15, 0.2) is 33.7 Å². The van der Waals surface area contributed by atoms with Crippen LogP contribution in [0.1, 0.15) is 31.2 Å². The van der Waals surface area contributed by atoms with Crippen molar-refractivity contribution in [3.05, 3.63) is 35.7 Å². The lowest BCUT2D eigenvalue weighted by Crippen LogP contribution is -2.51. The van der Waals surface area contributed by atoms with Crippen LogP contribution in [0.25, 0.3) is 0 Å². The van der Waals surface area contributed by atoms with E-state index in [1.165, 1.54) is 4.31 Å². The van der Waals surface area contributed by atoms with Crippen LogP contribution in [0.4, 0.5) is 5.69 Å². The highest BCUT2D eigenvalue weighted by atomic mass is 32.2. The molecule has 0 saturated carbocycles. The molecule has 3 heterocycles. The van der Waals surface area contributed by atoms with Crippen LogP contribution >= 0.6 is 0 Å².